The Morgan fingerprint density at radius 3 is 2.38 bits per heavy atom. The van der Waals surface area contributed by atoms with Gasteiger partial charge in [-0.1, -0.05) is 83.6 Å². The van der Waals surface area contributed by atoms with Gasteiger partial charge in [0.25, 0.3) is 0 Å². The molecular weight excluding hydrogens is 326 g/mol. The molecule has 0 heterocycles. The van der Waals surface area contributed by atoms with Crippen molar-refractivity contribution < 1.29 is 14.7 Å². The average Bonchev–Trinajstić information content (AvgIpc) is 2.93. The van der Waals surface area contributed by atoms with E-state index in [0.717, 1.165) is 36.7 Å². The number of hydrogen-bond acceptors (Lipinski definition) is 2. The second-order valence-electron chi connectivity index (χ2n) is 7.17. The quantitative estimate of drug-likeness (QED) is 0.612. The van der Waals surface area contributed by atoms with Crippen molar-refractivity contribution in [1.82, 2.24) is 5.32 Å². The Morgan fingerprint density at radius 2 is 1.88 bits per heavy atom. The number of rotatable bonds is 6. The molecule has 1 amide bonds. The summed E-state index contributed by atoms with van der Waals surface area (Å²) in [6.07, 6.45) is 17.2. The monoisotopic (exact) mass is 365 g/mol. The molecular formula is C22H39NO3. The molecule has 26 heavy (non-hydrogen) atoms. The number of amides is 1. The third kappa shape index (κ3) is 11.1. The number of nitrogens with one attached hydrogen (secondary N) is 1. The molecule has 0 aromatic heterocycles. The second kappa shape index (κ2) is 15.7. The van der Waals surface area contributed by atoms with Crippen LogP contribution < -0.4 is 5.32 Å². The van der Waals surface area contributed by atoms with Crippen LogP contribution in [0.4, 0.5) is 0 Å². The first kappa shape index (κ1) is 24.4. The van der Waals surface area contributed by atoms with E-state index in [1.807, 2.05) is 26.0 Å². The van der Waals surface area contributed by atoms with E-state index < -0.39 is 12.0 Å². The van der Waals surface area contributed by atoms with Crippen LogP contribution >= 0.6 is 0 Å². The fourth-order valence-electron chi connectivity index (χ4n) is 3.36. The molecule has 2 rings (SSSR count). The zero-order valence-corrected chi connectivity index (χ0v) is 17.2. The summed E-state index contributed by atoms with van der Waals surface area (Å²) in [7, 11) is 0. The number of carbonyl (C=O) groups is 2. The van der Waals surface area contributed by atoms with Crippen LogP contribution in [0.15, 0.2) is 23.8 Å². The van der Waals surface area contributed by atoms with Gasteiger partial charge in [0.15, 0.2) is 0 Å². The van der Waals surface area contributed by atoms with E-state index >= 15 is 0 Å². The highest BCUT2D eigenvalue weighted by atomic mass is 16.4. The summed E-state index contributed by atoms with van der Waals surface area (Å²) < 4.78 is 0. The van der Waals surface area contributed by atoms with E-state index in [2.05, 4.69) is 25.2 Å². The Kier molecular flexibility index (Phi) is 14.7. The first-order valence-electron chi connectivity index (χ1n) is 10.3. The summed E-state index contributed by atoms with van der Waals surface area (Å²) in [6, 6.07) is -0.805. The van der Waals surface area contributed by atoms with Gasteiger partial charge in [-0.05, 0) is 37.5 Å². The van der Waals surface area contributed by atoms with Gasteiger partial charge in [0.1, 0.15) is 6.04 Å². The molecule has 0 saturated heterocycles. The number of carboxylic acids is 1. The number of hydrogen-bond donors (Lipinski definition) is 2. The lowest BCUT2D eigenvalue weighted by Gasteiger charge is -2.24. The molecule has 0 aliphatic heterocycles. The van der Waals surface area contributed by atoms with Crippen molar-refractivity contribution in [3.05, 3.63) is 23.8 Å². The van der Waals surface area contributed by atoms with Crippen LogP contribution in [0.25, 0.3) is 0 Å². The Labute approximate surface area is 160 Å². The van der Waals surface area contributed by atoms with Crippen molar-refractivity contribution in [3.8, 4) is 0 Å². The van der Waals surface area contributed by atoms with Gasteiger partial charge in [-0.2, -0.15) is 0 Å². The third-order valence-corrected chi connectivity index (χ3v) is 4.96. The van der Waals surface area contributed by atoms with Crippen LogP contribution in [0.5, 0.6) is 0 Å². The average molecular weight is 366 g/mol. The molecule has 1 unspecified atom stereocenters. The molecule has 150 valence electrons. The molecule has 4 nitrogen and oxygen atoms in total. The molecule has 0 aromatic carbocycles. The molecule has 2 N–H and O–H groups in total. The molecule has 4 heteroatoms. The summed E-state index contributed by atoms with van der Waals surface area (Å²) in [5.74, 6) is 1.00. The third-order valence-electron chi connectivity index (χ3n) is 4.96. The summed E-state index contributed by atoms with van der Waals surface area (Å²) in [4.78, 5) is 21.0. The van der Waals surface area contributed by atoms with Crippen molar-refractivity contribution in [2.45, 2.75) is 91.5 Å². The second-order valence-corrected chi connectivity index (χ2v) is 7.17. The molecule has 0 bridgehead atoms. The highest BCUT2D eigenvalue weighted by Crippen LogP contribution is 2.29. The Bertz CT molecular complexity index is 435. The fraction of sp³-hybridized carbons (Fsp3) is 0.727. The Balaban J connectivity index is 0.000000484. The van der Waals surface area contributed by atoms with Gasteiger partial charge < -0.3 is 10.4 Å². The molecule has 1 saturated carbocycles. The largest absolute Gasteiger partial charge is 0.480 e. The van der Waals surface area contributed by atoms with Crippen LogP contribution in [-0.2, 0) is 9.59 Å². The molecule has 2 aliphatic carbocycles. The maximum Gasteiger partial charge on any atom is 0.326 e. The molecule has 0 spiro atoms. The van der Waals surface area contributed by atoms with E-state index in [9.17, 15) is 9.59 Å². The summed E-state index contributed by atoms with van der Waals surface area (Å²) in [5, 5.41) is 11.1. The molecule has 1 atom stereocenters. The Morgan fingerprint density at radius 1 is 1.23 bits per heavy atom. The minimum absolute atomic E-state index is 0.387. The normalized spacial score (nSPS) is 18.3. The Hall–Kier alpha value is -1.58. The van der Waals surface area contributed by atoms with Gasteiger partial charge in [0.05, 0.1) is 0 Å². The number of aliphatic carboxylic acids is 1. The van der Waals surface area contributed by atoms with Gasteiger partial charge in [-0.15, -0.1) is 0 Å². The SMILES string of the molecule is CC.CC(C)C1CCCCC1.O=CNC(CC1=CC=CCCC1)C(=O)O. The van der Waals surface area contributed by atoms with Crippen molar-refractivity contribution in [2.75, 3.05) is 0 Å². The number of carboxylic acid groups (broad SMARTS) is 1. The van der Waals surface area contributed by atoms with Gasteiger partial charge in [0, 0.05) is 0 Å². The van der Waals surface area contributed by atoms with Gasteiger partial charge in [-0.3, -0.25) is 4.79 Å². The maximum atomic E-state index is 10.8. The lowest BCUT2D eigenvalue weighted by atomic mass is 9.82. The summed E-state index contributed by atoms with van der Waals surface area (Å²) in [5.41, 5.74) is 1.07. The minimum Gasteiger partial charge on any atom is -0.480 e. The molecule has 0 radical (unpaired) electrons. The van der Waals surface area contributed by atoms with Crippen LogP contribution in [0, 0.1) is 11.8 Å². The van der Waals surface area contributed by atoms with Crippen molar-refractivity contribution >= 4 is 12.4 Å². The van der Waals surface area contributed by atoms with E-state index in [0.29, 0.717) is 12.8 Å². The van der Waals surface area contributed by atoms with Crippen molar-refractivity contribution in [2.24, 2.45) is 11.8 Å². The van der Waals surface area contributed by atoms with Crippen LogP contribution in [0.1, 0.15) is 85.5 Å². The smallest absolute Gasteiger partial charge is 0.326 e. The highest BCUT2D eigenvalue weighted by molar-refractivity contribution is 5.76. The lowest BCUT2D eigenvalue weighted by Crippen LogP contribution is -2.36. The zero-order valence-electron chi connectivity index (χ0n) is 17.2. The van der Waals surface area contributed by atoms with Gasteiger partial charge in [0.2, 0.25) is 6.41 Å². The van der Waals surface area contributed by atoms with E-state index in [1.54, 1.807) is 0 Å². The van der Waals surface area contributed by atoms with E-state index in [4.69, 9.17) is 5.11 Å². The van der Waals surface area contributed by atoms with Crippen molar-refractivity contribution in [1.29, 1.82) is 0 Å². The maximum absolute atomic E-state index is 10.8. The number of allylic oxidation sites excluding steroid dienone is 3. The van der Waals surface area contributed by atoms with Gasteiger partial charge in [-0.25, -0.2) is 4.79 Å². The molecule has 1 fully saturated rings. The molecule has 2 aliphatic rings. The number of carbonyl (C=O) groups excluding carboxylic acids is 1. The standard InChI is InChI=1S/C11H15NO3.C9H18.C2H6/c13-8-12-10(11(14)15)7-9-5-3-1-2-4-6-9;1-8(2)9-6-4-3-5-7-9;1-2/h1,3,5,8,10H,2,4,6-7H2,(H,12,13)(H,14,15);8-9H,3-7H2,1-2H3;1-2H3. The van der Waals surface area contributed by atoms with E-state index in [-0.39, 0.29) is 0 Å². The van der Waals surface area contributed by atoms with Crippen LogP contribution in [0.2, 0.25) is 0 Å². The highest BCUT2D eigenvalue weighted by Gasteiger charge is 2.18. The van der Waals surface area contributed by atoms with E-state index in [1.165, 1.54) is 32.1 Å². The zero-order chi connectivity index (χ0) is 19.8. The first-order valence-corrected chi connectivity index (χ1v) is 10.3. The van der Waals surface area contributed by atoms with Crippen molar-refractivity contribution in [3.63, 3.8) is 0 Å². The predicted octanol–water partition coefficient (Wildman–Crippen LogP) is 5.49. The van der Waals surface area contributed by atoms with Crippen LogP contribution in [-0.4, -0.2) is 23.5 Å². The first-order chi connectivity index (χ1) is 12.5. The topological polar surface area (TPSA) is 66.4 Å². The van der Waals surface area contributed by atoms with Gasteiger partial charge >= 0.3 is 5.97 Å². The summed E-state index contributed by atoms with van der Waals surface area (Å²) >= 11 is 0. The lowest BCUT2D eigenvalue weighted by molar-refractivity contribution is -0.140. The minimum atomic E-state index is -0.990. The summed E-state index contributed by atoms with van der Waals surface area (Å²) in [6.45, 7) is 8.71. The molecule has 0 aromatic rings. The van der Waals surface area contributed by atoms with Crippen LogP contribution in [0.3, 0.4) is 0 Å². The fourth-order valence-corrected chi connectivity index (χ4v) is 3.36. The predicted molar refractivity (Wildman–Crippen MR) is 109 cm³/mol.